The maximum absolute atomic E-state index is 12.1. The number of carbonyl (C=O) groups is 1. The molecule has 2 aromatic rings. The van der Waals surface area contributed by atoms with Crippen LogP contribution in [0, 0.1) is 6.92 Å². The number of methoxy groups -OCH3 is 1. The summed E-state index contributed by atoms with van der Waals surface area (Å²) in [5.74, 6) is 0.537. The third-order valence-corrected chi connectivity index (χ3v) is 4.18. The van der Waals surface area contributed by atoms with E-state index in [1.807, 2.05) is 19.1 Å². The molecule has 2 aromatic heterocycles. The number of aromatic nitrogens is 1. The lowest BCUT2D eigenvalue weighted by Crippen LogP contribution is -2.21. The summed E-state index contributed by atoms with van der Waals surface area (Å²) in [6, 6.07) is 5.65. The van der Waals surface area contributed by atoms with Gasteiger partial charge in [0.2, 0.25) is 5.88 Å². The Kier molecular flexibility index (Phi) is 4.74. The number of pyridine rings is 1. The Morgan fingerprint density at radius 2 is 2.25 bits per heavy atom. The minimum absolute atomic E-state index is 0.0337. The Hall–Kier alpha value is -1.88. The van der Waals surface area contributed by atoms with Crippen LogP contribution in [0.2, 0.25) is 0 Å². The van der Waals surface area contributed by atoms with E-state index < -0.39 is 0 Å². The van der Waals surface area contributed by atoms with E-state index in [2.05, 4.69) is 17.2 Å². The summed E-state index contributed by atoms with van der Waals surface area (Å²) in [5.41, 5.74) is 2.19. The summed E-state index contributed by atoms with van der Waals surface area (Å²) in [6.07, 6.45) is 2.66. The number of aryl methyl sites for hydroxylation is 2. The highest BCUT2D eigenvalue weighted by Gasteiger charge is 2.11. The Balaban J connectivity index is 1.96. The molecule has 0 fully saturated rings. The Morgan fingerprint density at radius 3 is 2.80 bits per heavy atom. The van der Waals surface area contributed by atoms with Crippen molar-refractivity contribution < 1.29 is 9.53 Å². The third-order valence-electron chi connectivity index (χ3n) is 3.09. The second-order valence-electron chi connectivity index (χ2n) is 4.44. The van der Waals surface area contributed by atoms with Gasteiger partial charge in [-0.2, -0.15) is 0 Å². The zero-order chi connectivity index (χ0) is 14.5. The number of hydrogen-bond acceptors (Lipinski definition) is 4. The first-order valence-electron chi connectivity index (χ1n) is 6.50. The van der Waals surface area contributed by atoms with E-state index in [0.29, 0.717) is 12.4 Å². The number of carbonyl (C=O) groups excluding carboxylic acids is 1. The minimum Gasteiger partial charge on any atom is -0.481 e. The van der Waals surface area contributed by atoms with Gasteiger partial charge in [-0.3, -0.25) is 4.79 Å². The monoisotopic (exact) mass is 290 g/mol. The van der Waals surface area contributed by atoms with Crippen LogP contribution in [-0.2, 0) is 13.0 Å². The number of hydrogen-bond donors (Lipinski definition) is 1. The van der Waals surface area contributed by atoms with Crippen molar-refractivity contribution >= 4 is 17.2 Å². The van der Waals surface area contributed by atoms with Gasteiger partial charge in [0.1, 0.15) is 0 Å². The number of amides is 1. The summed E-state index contributed by atoms with van der Waals surface area (Å²) in [5, 5.41) is 2.91. The Morgan fingerprint density at radius 1 is 1.45 bits per heavy atom. The minimum atomic E-state index is -0.0337. The number of thiophene rings is 1. The molecule has 0 atom stereocenters. The largest absolute Gasteiger partial charge is 0.481 e. The van der Waals surface area contributed by atoms with Crippen LogP contribution in [0.4, 0.5) is 0 Å². The smallest absolute Gasteiger partial charge is 0.261 e. The van der Waals surface area contributed by atoms with E-state index in [9.17, 15) is 4.79 Å². The molecule has 0 aliphatic carbocycles. The summed E-state index contributed by atoms with van der Waals surface area (Å²) in [6.45, 7) is 4.61. The maximum Gasteiger partial charge on any atom is 0.261 e. The van der Waals surface area contributed by atoms with Crippen LogP contribution in [0.1, 0.15) is 32.6 Å². The van der Waals surface area contributed by atoms with Gasteiger partial charge in [-0.05, 0) is 30.5 Å². The van der Waals surface area contributed by atoms with Crippen LogP contribution < -0.4 is 10.1 Å². The van der Waals surface area contributed by atoms with E-state index >= 15 is 0 Å². The van der Waals surface area contributed by atoms with Gasteiger partial charge in [0, 0.05) is 23.7 Å². The lowest BCUT2D eigenvalue weighted by molar-refractivity contribution is 0.0955. The first-order valence-corrected chi connectivity index (χ1v) is 7.32. The van der Waals surface area contributed by atoms with Crippen LogP contribution in [0.5, 0.6) is 5.88 Å². The van der Waals surface area contributed by atoms with Crippen LogP contribution >= 0.6 is 11.3 Å². The highest BCUT2D eigenvalue weighted by atomic mass is 32.1. The molecular formula is C15H18N2O2S. The summed E-state index contributed by atoms with van der Waals surface area (Å²) >= 11 is 1.54. The Bertz CT molecular complexity index is 590. The first-order chi connectivity index (χ1) is 9.63. The molecule has 0 saturated carbocycles. The molecule has 1 N–H and O–H groups in total. The van der Waals surface area contributed by atoms with Crippen LogP contribution in [-0.4, -0.2) is 18.0 Å². The fourth-order valence-electron chi connectivity index (χ4n) is 1.89. The number of nitrogens with zero attached hydrogens (tertiary/aromatic N) is 1. The van der Waals surface area contributed by atoms with E-state index in [0.717, 1.165) is 16.9 Å². The zero-order valence-electron chi connectivity index (χ0n) is 11.9. The lowest BCUT2D eigenvalue weighted by atomic mass is 10.2. The van der Waals surface area contributed by atoms with Gasteiger partial charge in [-0.25, -0.2) is 4.98 Å². The fraction of sp³-hybridized carbons (Fsp3) is 0.333. The second-order valence-corrected chi connectivity index (χ2v) is 5.69. The summed E-state index contributed by atoms with van der Waals surface area (Å²) in [4.78, 5) is 18.2. The van der Waals surface area contributed by atoms with Crippen molar-refractivity contribution in [2.45, 2.75) is 26.8 Å². The topological polar surface area (TPSA) is 51.2 Å². The van der Waals surface area contributed by atoms with Gasteiger partial charge in [-0.15, -0.1) is 11.3 Å². The molecule has 0 aliphatic rings. The van der Waals surface area contributed by atoms with E-state index in [4.69, 9.17) is 4.74 Å². The summed E-state index contributed by atoms with van der Waals surface area (Å²) < 4.78 is 5.00. The van der Waals surface area contributed by atoms with E-state index in [1.165, 1.54) is 10.4 Å². The van der Waals surface area contributed by atoms with Crippen molar-refractivity contribution in [3.63, 3.8) is 0 Å². The molecule has 0 radical (unpaired) electrons. The average molecular weight is 290 g/mol. The Labute approximate surface area is 122 Å². The van der Waals surface area contributed by atoms with Gasteiger partial charge < -0.3 is 10.1 Å². The van der Waals surface area contributed by atoms with Crippen LogP contribution in [0.15, 0.2) is 24.4 Å². The molecule has 2 heterocycles. The predicted octanol–water partition coefficient (Wildman–Crippen LogP) is 2.95. The molecule has 0 saturated heterocycles. The van der Waals surface area contributed by atoms with Crippen molar-refractivity contribution in [1.29, 1.82) is 0 Å². The standard InChI is InChI=1S/C15H18N2O2S/c1-4-12-7-13(20-10(12)2)15(18)17-9-11-5-6-14(19-3)16-8-11/h5-8H,4,9H2,1-3H3,(H,17,18). The van der Waals surface area contributed by atoms with E-state index in [1.54, 1.807) is 30.7 Å². The maximum atomic E-state index is 12.1. The second kappa shape index (κ2) is 6.52. The molecule has 0 unspecified atom stereocenters. The van der Waals surface area contributed by atoms with Gasteiger partial charge in [0.15, 0.2) is 0 Å². The number of rotatable bonds is 5. The molecule has 106 valence electrons. The molecule has 0 spiro atoms. The molecule has 0 bridgehead atoms. The highest BCUT2D eigenvalue weighted by molar-refractivity contribution is 7.14. The molecule has 1 amide bonds. The van der Waals surface area contributed by atoms with Crippen molar-refractivity contribution in [3.05, 3.63) is 45.3 Å². The average Bonchev–Trinajstić information content (AvgIpc) is 2.86. The number of nitrogens with one attached hydrogen (secondary N) is 1. The van der Waals surface area contributed by atoms with Crippen molar-refractivity contribution in [3.8, 4) is 5.88 Å². The number of ether oxygens (including phenoxy) is 1. The lowest BCUT2D eigenvalue weighted by Gasteiger charge is -2.04. The van der Waals surface area contributed by atoms with Crippen molar-refractivity contribution in [2.75, 3.05) is 7.11 Å². The van der Waals surface area contributed by atoms with Gasteiger partial charge in [0.25, 0.3) is 5.91 Å². The fourth-order valence-corrected chi connectivity index (χ4v) is 2.92. The normalized spacial score (nSPS) is 10.3. The SMILES string of the molecule is CCc1cc(C(=O)NCc2ccc(OC)nc2)sc1C. The van der Waals surface area contributed by atoms with Crippen LogP contribution in [0.3, 0.4) is 0 Å². The highest BCUT2D eigenvalue weighted by Crippen LogP contribution is 2.22. The van der Waals surface area contributed by atoms with Gasteiger partial charge >= 0.3 is 0 Å². The van der Waals surface area contributed by atoms with Crippen molar-refractivity contribution in [2.24, 2.45) is 0 Å². The molecule has 5 heteroatoms. The summed E-state index contributed by atoms with van der Waals surface area (Å²) in [7, 11) is 1.58. The van der Waals surface area contributed by atoms with Gasteiger partial charge in [0.05, 0.1) is 12.0 Å². The van der Waals surface area contributed by atoms with E-state index in [-0.39, 0.29) is 5.91 Å². The third kappa shape index (κ3) is 3.36. The zero-order valence-corrected chi connectivity index (χ0v) is 12.7. The molecular weight excluding hydrogens is 272 g/mol. The quantitative estimate of drug-likeness (QED) is 0.921. The van der Waals surface area contributed by atoms with Crippen LogP contribution in [0.25, 0.3) is 0 Å². The molecule has 2 rings (SSSR count). The predicted molar refractivity (Wildman–Crippen MR) is 80.4 cm³/mol. The molecule has 0 aromatic carbocycles. The molecule has 4 nitrogen and oxygen atoms in total. The molecule has 20 heavy (non-hydrogen) atoms. The molecule has 0 aliphatic heterocycles. The van der Waals surface area contributed by atoms with Gasteiger partial charge in [-0.1, -0.05) is 13.0 Å². The van der Waals surface area contributed by atoms with Crippen molar-refractivity contribution in [1.82, 2.24) is 10.3 Å². The first kappa shape index (κ1) is 14.5.